The minimum atomic E-state index is -0.818. The van der Waals surface area contributed by atoms with Crippen LogP contribution in [-0.4, -0.2) is 21.6 Å². The Balaban J connectivity index is 1.80. The van der Waals surface area contributed by atoms with Crippen LogP contribution < -0.4 is 0 Å². The van der Waals surface area contributed by atoms with Crippen molar-refractivity contribution in [3.8, 4) is 0 Å². The van der Waals surface area contributed by atoms with Crippen LogP contribution in [0.5, 0.6) is 0 Å². The molecule has 1 atom stereocenters. The number of carboxylic acid groups (broad SMARTS) is 1. The predicted molar refractivity (Wildman–Crippen MR) is 109 cm³/mol. The van der Waals surface area contributed by atoms with Crippen LogP contribution in [0.25, 0.3) is 21.7 Å². The van der Waals surface area contributed by atoms with Gasteiger partial charge in [-0.15, -0.1) is 0 Å². The van der Waals surface area contributed by atoms with Crippen LogP contribution in [0.3, 0.4) is 0 Å². The molecule has 0 saturated heterocycles. The average molecular weight is 369 g/mol. The number of carboxylic acids is 1. The number of hydrogen-bond acceptors (Lipinski definition) is 2. The Morgan fingerprint density at radius 2 is 1.61 bits per heavy atom. The van der Waals surface area contributed by atoms with Gasteiger partial charge in [-0.25, -0.2) is 0 Å². The highest BCUT2D eigenvalue weighted by Gasteiger charge is 2.33. The number of aliphatic carboxylic acids is 1. The summed E-state index contributed by atoms with van der Waals surface area (Å²) in [7, 11) is 0. The molecule has 4 aromatic rings. The van der Waals surface area contributed by atoms with E-state index < -0.39 is 11.9 Å². The number of nitrogens with zero attached hydrogens (tertiary/aromatic N) is 1. The number of benzene rings is 3. The van der Waals surface area contributed by atoms with Crippen LogP contribution in [0, 0.1) is 0 Å². The first-order chi connectivity index (χ1) is 13.7. The maximum atomic E-state index is 13.7. The molecular weight excluding hydrogens is 350 g/mol. The first-order valence-electron chi connectivity index (χ1n) is 9.54. The van der Waals surface area contributed by atoms with Gasteiger partial charge in [0.05, 0.1) is 11.4 Å². The molecule has 1 aliphatic rings. The molecule has 4 nitrogen and oxygen atoms in total. The summed E-state index contributed by atoms with van der Waals surface area (Å²) in [5.41, 5.74) is 3.08. The largest absolute Gasteiger partial charge is 0.481 e. The van der Waals surface area contributed by atoms with Crippen molar-refractivity contribution in [1.82, 2.24) is 4.57 Å². The first kappa shape index (κ1) is 16.8. The van der Waals surface area contributed by atoms with E-state index in [0.717, 1.165) is 39.4 Å². The third-order valence-electron chi connectivity index (χ3n) is 5.79. The van der Waals surface area contributed by atoms with Crippen molar-refractivity contribution in [2.75, 3.05) is 0 Å². The van der Waals surface area contributed by atoms with E-state index in [0.29, 0.717) is 18.4 Å². The Kier molecular flexibility index (Phi) is 3.79. The van der Waals surface area contributed by atoms with E-state index in [1.165, 1.54) is 0 Å². The van der Waals surface area contributed by atoms with E-state index in [2.05, 4.69) is 0 Å². The van der Waals surface area contributed by atoms with Crippen molar-refractivity contribution in [3.63, 3.8) is 0 Å². The first-order valence-corrected chi connectivity index (χ1v) is 9.54. The zero-order valence-corrected chi connectivity index (χ0v) is 15.3. The van der Waals surface area contributed by atoms with Gasteiger partial charge in [0.15, 0.2) is 0 Å². The van der Waals surface area contributed by atoms with Gasteiger partial charge in [0.1, 0.15) is 0 Å². The van der Waals surface area contributed by atoms with E-state index >= 15 is 0 Å². The zero-order valence-electron chi connectivity index (χ0n) is 15.3. The number of carbonyl (C=O) groups is 2. The lowest BCUT2D eigenvalue weighted by molar-refractivity contribution is -0.139. The van der Waals surface area contributed by atoms with Gasteiger partial charge in [0.2, 0.25) is 0 Å². The van der Waals surface area contributed by atoms with E-state index in [4.69, 9.17) is 0 Å². The minimum absolute atomic E-state index is 0.0970. The summed E-state index contributed by atoms with van der Waals surface area (Å²) < 4.78 is 1.75. The van der Waals surface area contributed by atoms with Crippen LogP contribution in [-0.2, 0) is 11.2 Å². The molecule has 1 aromatic heterocycles. The summed E-state index contributed by atoms with van der Waals surface area (Å²) in [6, 6.07) is 21.2. The third-order valence-corrected chi connectivity index (χ3v) is 5.79. The summed E-state index contributed by atoms with van der Waals surface area (Å²) >= 11 is 0. The van der Waals surface area contributed by atoms with Crippen molar-refractivity contribution in [1.29, 1.82) is 0 Å². The molecule has 1 heterocycles. The van der Waals surface area contributed by atoms with E-state index in [1.807, 2.05) is 66.7 Å². The molecule has 3 aromatic carbocycles. The highest BCUT2D eigenvalue weighted by atomic mass is 16.4. The van der Waals surface area contributed by atoms with E-state index in [1.54, 1.807) is 4.57 Å². The molecule has 1 aliphatic carbocycles. The number of rotatable bonds is 2. The highest BCUT2D eigenvalue weighted by molar-refractivity contribution is 6.12. The fourth-order valence-electron chi connectivity index (χ4n) is 4.58. The number of hydrogen-bond donors (Lipinski definition) is 1. The van der Waals surface area contributed by atoms with Gasteiger partial charge in [-0.3, -0.25) is 14.2 Å². The summed E-state index contributed by atoms with van der Waals surface area (Å²) in [5, 5.41) is 12.6. The van der Waals surface area contributed by atoms with Crippen molar-refractivity contribution in [2.45, 2.75) is 25.2 Å². The topological polar surface area (TPSA) is 59.3 Å². The van der Waals surface area contributed by atoms with E-state index in [9.17, 15) is 14.7 Å². The monoisotopic (exact) mass is 369 g/mol. The number of para-hydroxylation sites is 1. The molecular formula is C24H19NO3. The molecule has 1 N–H and O–H groups in total. The van der Waals surface area contributed by atoms with Gasteiger partial charge in [-0.2, -0.15) is 0 Å². The van der Waals surface area contributed by atoms with Crippen LogP contribution >= 0.6 is 0 Å². The Hall–Kier alpha value is -3.40. The molecule has 0 amide bonds. The van der Waals surface area contributed by atoms with Gasteiger partial charge < -0.3 is 5.11 Å². The fraction of sp³-hybridized carbons (Fsp3) is 0.167. The lowest BCUT2D eigenvalue weighted by atomic mass is 9.85. The Labute approximate surface area is 162 Å². The molecule has 0 saturated carbocycles. The van der Waals surface area contributed by atoms with Crippen molar-refractivity contribution in [3.05, 3.63) is 83.6 Å². The van der Waals surface area contributed by atoms with Crippen molar-refractivity contribution < 1.29 is 14.7 Å². The van der Waals surface area contributed by atoms with E-state index in [-0.39, 0.29) is 5.91 Å². The average Bonchev–Trinajstić information content (AvgIpc) is 3.07. The van der Waals surface area contributed by atoms with Crippen LogP contribution in [0.1, 0.15) is 40.4 Å². The smallest absolute Gasteiger partial charge is 0.311 e. The Morgan fingerprint density at radius 3 is 2.43 bits per heavy atom. The van der Waals surface area contributed by atoms with Crippen molar-refractivity contribution >= 4 is 33.6 Å². The Bertz CT molecular complexity index is 1250. The van der Waals surface area contributed by atoms with Crippen LogP contribution in [0.15, 0.2) is 66.7 Å². The number of fused-ring (bicyclic) bond motifs is 4. The summed E-state index contributed by atoms with van der Waals surface area (Å²) in [6.45, 7) is 0. The fourth-order valence-corrected chi connectivity index (χ4v) is 4.58. The second-order valence-corrected chi connectivity index (χ2v) is 7.33. The number of aromatic nitrogens is 1. The molecule has 0 aliphatic heterocycles. The molecule has 0 bridgehead atoms. The van der Waals surface area contributed by atoms with Gasteiger partial charge in [-0.05, 0) is 47.7 Å². The minimum Gasteiger partial charge on any atom is -0.481 e. The lowest BCUT2D eigenvalue weighted by Crippen LogP contribution is -2.21. The second kappa shape index (κ2) is 6.34. The Morgan fingerprint density at radius 1 is 0.893 bits per heavy atom. The summed E-state index contributed by atoms with van der Waals surface area (Å²) in [5.74, 6) is -1.48. The SMILES string of the molecule is O=C(O)C1CCCc2c1c1ccccc1n2C(=O)c1cccc2ccccc12. The van der Waals surface area contributed by atoms with Gasteiger partial charge in [-0.1, -0.05) is 54.6 Å². The van der Waals surface area contributed by atoms with Crippen LogP contribution in [0.4, 0.5) is 0 Å². The third kappa shape index (κ3) is 2.38. The van der Waals surface area contributed by atoms with Gasteiger partial charge in [0, 0.05) is 16.6 Å². The maximum Gasteiger partial charge on any atom is 0.311 e. The quantitative estimate of drug-likeness (QED) is 0.542. The van der Waals surface area contributed by atoms with Crippen molar-refractivity contribution in [2.24, 2.45) is 0 Å². The summed E-state index contributed by atoms with van der Waals surface area (Å²) in [6.07, 6.45) is 2.09. The molecule has 4 heteroatoms. The number of carbonyl (C=O) groups excluding carboxylic acids is 1. The summed E-state index contributed by atoms with van der Waals surface area (Å²) in [4.78, 5) is 25.6. The predicted octanol–water partition coefficient (Wildman–Crippen LogP) is 4.99. The maximum absolute atomic E-state index is 13.7. The highest BCUT2D eigenvalue weighted by Crippen LogP contribution is 2.40. The molecule has 138 valence electrons. The molecule has 1 unspecified atom stereocenters. The standard InChI is InChI=1S/C24H19NO3/c26-23(17-11-5-8-15-7-1-2-9-16(15)17)25-20-13-4-3-10-18(20)22-19(24(27)28)12-6-14-21(22)25/h1-5,7-11,13,19H,6,12,14H2,(H,27,28). The van der Waals surface area contributed by atoms with Crippen LogP contribution in [0.2, 0.25) is 0 Å². The molecule has 0 fully saturated rings. The molecule has 0 spiro atoms. The second-order valence-electron chi connectivity index (χ2n) is 7.33. The lowest BCUT2D eigenvalue weighted by Gasteiger charge is -2.21. The molecule has 28 heavy (non-hydrogen) atoms. The zero-order chi connectivity index (χ0) is 19.3. The normalized spacial score (nSPS) is 16.2. The molecule has 0 radical (unpaired) electrons. The molecule has 5 rings (SSSR count). The van der Waals surface area contributed by atoms with Gasteiger partial charge >= 0.3 is 5.97 Å². The van der Waals surface area contributed by atoms with Gasteiger partial charge in [0.25, 0.3) is 5.91 Å².